The fraction of sp³-hybridized carbons (Fsp3) is 0.0625. The first-order valence-electron chi connectivity index (χ1n) is 5.96. The molecular weight excluding hydrogens is 220 g/mol. The van der Waals surface area contributed by atoms with Crippen molar-refractivity contribution in [1.82, 2.24) is 0 Å². The van der Waals surface area contributed by atoms with Gasteiger partial charge in [-0.05, 0) is 17.7 Å². The Morgan fingerprint density at radius 2 is 1.61 bits per heavy atom. The van der Waals surface area contributed by atoms with Crippen LogP contribution in [-0.2, 0) is 0 Å². The Labute approximate surface area is 107 Å². The van der Waals surface area contributed by atoms with Crippen LogP contribution in [0.25, 0.3) is 11.6 Å². The number of likely N-dealkylation sites (N-methyl/N-ethyl adjacent to an activating group) is 1. The third-order valence-corrected chi connectivity index (χ3v) is 3.26. The average molecular weight is 234 g/mol. The van der Waals surface area contributed by atoms with Gasteiger partial charge in [0, 0.05) is 18.2 Å². The van der Waals surface area contributed by atoms with E-state index in [0.717, 1.165) is 22.4 Å². The lowest BCUT2D eigenvalue weighted by atomic mass is 10.0. The van der Waals surface area contributed by atoms with E-state index in [2.05, 4.69) is 30.3 Å². The van der Waals surface area contributed by atoms with Gasteiger partial charge in [-0.25, -0.2) is 0 Å². The third kappa shape index (κ3) is 1.63. The molecule has 0 unspecified atom stereocenters. The first-order chi connectivity index (χ1) is 8.77. The molecule has 0 fully saturated rings. The summed E-state index contributed by atoms with van der Waals surface area (Å²) in [5, 5.41) is 8.20. The molecule has 0 bridgehead atoms. The summed E-state index contributed by atoms with van der Waals surface area (Å²) in [7, 11) is 1.94. The van der Waals surface area contributed by atoms with Crippen LogP contribution < -0.4 is 4.90 Å². The van der Waals surface area contributed by atoms with Crippen molar-refractivity contribution in [2.45, 2.75) is 0 Å². The molecular formula is C16H14N2. The summed E-state index contributed by atoms with van der Waals surface area (Å²) < 4.78 is 0. The maximum atomic E-state index is 8.20. The number of nitrogens with zero attached hydrogens (tertiary/aromatic N) is 1. The van der Waals surface area contributed by atoms with Gasteiger partial charge in [-0.1, -0.05) is 48.5 Å². The number of hydrogen-bond acceptors (Lipinski definition) is 1. The van der Waals surface area contributed by atoms with Gasteiger partial charge in [0.25, 0.3) is 0 Å². The summed E-state index contributed by atoms with van der Waals surface area (Å²) in [6.45, 7) is 0. The second-order valence-corrected chi connectivity index (χ2v) is 4.39. The molecule has 0 atom stereocenters. The van der Waals surface area contributed by atoms with Crippen LogP contribution in [0.4, 0.5) is 5.69 Å². The quantitative estimate of drug-likeness (QED) is 0.801. The van der Waals surface area contributed by atoms with Crippen LogP contribution in [0.3, 0.4) is 0 Å². The zero-order valence-corrected chi connectivity index (χ0v) is 10.2. The molecule has 0 saturated carbocycles. The Balaban J connectivity index is 2.14. The smallest absolute Gasteiger partial charge is 0.133 e. The summed E-state index contributed by atoms with van der Waals surface area (Å²) in [6, 6.07) is 18.3. The van der Waals surface area contributed by atoms with E-state index >= 15 is 0 Å². The maximum Gasteiger partial charge on any atom is 0.133 e. The van der Waals surface area contributed by atoms with Crippen molar-refractivity contribution in [3.63, 3.8) is 0 Å². The number of rotatable bonds is 1. The van der Waals surface area contributed by atoms with Gasteiger partial charge < -0.3 is 4.90 Å². The van der Waals surface area contributed by atoms with E-state index in [4.69, 9.17) is 5.41 Å². The minimum Gasteiger partial charge on any atom is -0.329 e. The van der Waals surface area contributed by atoms with Gasteiger partial charge in [0.15, 0.2) is 0 Å². The number of nitrogens with one attached hydrogen (secondary N) is 1. The van der Waals surface area contributed by atoms with Gasteiger partial charge in [-0.3, -0.25) is 5.41 Å². The van der Waals surface area contributed by atoms with Gasteiger partial charge in [-0.15, -0.1) is 0 Å². The summed E-state index contributed by atoms with van der Waals surface area (Å²) >= 11 is 0. The Morgan fingerprint density at radius 3 is 2.39 bits per heavy atom. The second kappa shape index (κ2) is 4.15. The molecule has 0 spiro atoms. The summed E-state index contributed by atoms with van der Waals surface area (Å²) in [5.41, 5.74) is 4.35. The van der Waals surface area contributed by atoms with Crippen LogP contribution in [0, 0.1) is 5.41 Å². The zero-order valence-electron chi connectivity index (χ0n) is 10.2. The van der Waals surface area contributed by atoms with Gasteiger partial charge in [0.2, 0.25) is 0 Å². The van der Waals surface area contributed by atoms with Crippen molar-refractivity contribution in [3.8, 4) is 0 Å². The molecule has 1 aliphatic heterocycles. The predicted molar refractivity (Wildman–Crippen MR) is 76.9 cm³/mol. The van der Waals surface area contributed by atoms with Gasteiger partial charge in [0.1, 0.15) is 5.84 Å². The highest BCUT2D eigenvalue weighted by Crippen LogP contribution is 2.36. The highest BCUT2D eigenvalue weighted by Gasteiger charge is 2.25. The van der Waals surface area contributed by atoms with Crippen molar-refractivity contribution in [1.29, 1.82) is 5.41 Å². The average Bonchev–Trinajstić information content (AvgIpc) is 2.66. The standard InChI is InChI=1S/C16H14N2/c1-18-15-10-6-5-9-13(15)14(16(18)17)11-12-7-3-2-4-8-12/h2-11,17H,1H3. The molecule has 2 aromatic rings. The van der Waals surface area contributed by atoms with E-state index in [0.29, 0.717) is 5.84 Å². The molecule has 0 radical (unpaired) electrons. The van der Waals surface area contributed by atoms with Crippen molar-refractivity contribution >= 4 is 23.2 Å². The molecule has 2 aromatic carbocycles. The molecule has 88 valence electrons. The van der Waals surface area contributed by atoms with Crippen LogP contribution in [-0.4, -0.2) is 12.9 Å². The molecule has 18 heavy (non-hydrogen) atoms. The third-order valence-electron chi connectivity index (χ3n) is 3.26. The Hall–Kier alpha value is -2.35. The maximum absolute atomic E-state index is 8.20. The summed E-state index contributed by atoms with van der Waals surface area (Å²) in [6.07, 6.45) is 2.07. The lowest BCUT2D eigenvalue weighted by Gasteiger charge is -2.10. The lowest BCUT2D eigenvalue weighted by Crippen LogP contribution is -2.19. The van der Waals surface area contributed by atoms with Crippen molar-refractivity contribution in [3.05, 3.63) is 65.7 Å². The van der Waals surface area contributed by atoms with Crippen LogP contribution in [0.5, 0.6) is 0 Å². The van der Waals surface area contributed by atoms with E-state index in [1.807, 2.05) is 42.3 Å². The van der Waals surface area contributed by atoms with E-state index in [1.165, 1.54) is 0 Å². The molecule has 0 amide bonds. The second-order valence-electron chi connectivity index (χ2n) is 4.39. The van der Waals surface area contributed by atoms with Crippen molar-refractivity contribution in [2.24, 2.45) is 0 Å². The number of anilines is 1. The topological polar surface area (TPSA) is 27.1 Å². The number of amidine groups is 1. The molecule has 2 heteroatoms. The predicted octanol–water partition coefficient (Wildman–Crippen LogP) is 3.65. The summed E-state index contributed by atoms with van der Waals surface area (Å²) in [4.78, 5) is 1.92. The Bertz CT molecular complexity index is 627. The SMILES string of the molecule is CN1C(=N)C(=Cc2ccccc2)c2ccccc21. The van der Waals surface area contributed by atoms with Crippen LogP contribution in [0.2, 0.25) is 0 Å². The number of fused-ring (bicyclic) bond motifs is 1. The largest absolute Gasteiger partial charge is 0.329 e. The highest BCUT2D eigenvalue weighted by molar-refractivity contribution is 6.36. The number of para-hydroxylation sites is 1. The molecule has 1 heterocycles. The van der Waals surface area contributed by atoms with Crippen LogP contribution >= 0.6 is 0 Å². The van der Waals surface area contributed by atoms with Gasteiger partial charge >= 0.3 is 0 Å². The van der Waals surface area contributed by atoms with E-state index in [1.54, 1.807) is 0 Å². The van der Waals surface area contributed by atoms with E-state index in [-0.39, 0.29) is 0 Å². The molecule has 3 rings (SSSR count). The first kappa shape index (κ1) is 10.8. The van der Waals surface area contributed by atoms with Crippen LogP contribution in [0.15, 0.2) is 54.6 Å². The summed E-state index contributed by atoms with van der Waals surface area (Å²) in [5.74, 6) is 0.556. The number of hydrogen-bond donors (Lipinski definition) is 1. The zero-order chi connectivity index (χ0) is 12.5. The molecule has 0 aromatic heterocycles. The Kier molecular flexibility index (Phi) is 2.49. The van der Waals surface area contributed by atoms with Gasteiger partial charge in [-0.2, -0.15) is 0 Å². The Morgan fingerprint density at radius 1 is 0.944 bits per heavy atom. The number of benzene rings is 2. The molecule has 2 nitrogen and oxygen atoms in total. The van der Waals surface area contributed by atoms with Gasteiger partial charge in [0.05, 0.1) is 5.69 Å². The molecule has 1 N–H and O–H groups in total. The minimum absolute atomic E-state index is 0.556. The highest BCUT2D eigenvalue weighted by atomic mass is 15.2. The minimum atomic E-state index is 0.556. The molecule has 0 aliphatic carbocycles. The molecule has 1 aliphatic rings. The normalized spacial score (nSPS) is 16.2. The van der Waals surface area contributed by atoms with Crippen molar-refractivity contribution < 1.29 is 0 Å². The van der Waals surface area contributed by atoms with E-state index in [9.17, 15) is 0 Å². The monoisotopic (exact) mass is 234 g/mol. The van der Waals surface area contributed by atoms with Crippen molar-refractivity contribution in [2.75, 3.05) is 11.9 Å². The first-order valence-corrected chi connectivity index (χ1v) is 5.96. The lowest BCUT2D eigenvalue weighted by molar-refractivity contribution is 1.27. The fourth-order valence-corrected chi connectivity index (χ4v) is 2.28. The van der Waals surface area contributed by atoms with Crippen LogP contribution in [0.1, 0.15) is 11.1 Å². The fourth-order valence-electron chi connectivity index (χ4n) is 2.28. The molecule has 0 saturated heterocycles. The van der Waals surface area contributed by atoms with E-state index < -0.39 is 0 Å².